The van der Waals surface area contributed by atoms with E-state index in [0.29, 0.717) is 30.7 Å². The highest BCUT2D eigenvalue weighted by molar-refractivity contribution is 5.97. The first-order chi connectivity index (χ1) is 21.5. The van der Waals surface area contributed by atoms with Crippen molar-refractivity contribution < 1.29 is 42.5 Å². The number of fused-ring (bicyclic) bond motifs is 1. The van der Waals surface area contributed by atoms with Gasteiger partial charge in [0, 0.05) is 44.2 Å². The van der Waals surface area contributed by atoms with Crippen molar-refractivity contribution in [2.24, 2.45) is 5.92 Å². The third-order valence-electron chi connectivity index (χ3n) is 8.33. The number of benzene rings is 2. The van der Waals surface area contributed by atoms with Gasteiger partial charge in [-0.1, -0.05) is 0 Å². The molecule has 45 heavy (non-hydrogen) atoms. The molecule has 1 aromatic heterocycles. The van der Waals surface area contributed by atoms with Gasteiger partial charge in [0.1, 0.15) is 17.4 Å². The van der Waals surface area contributed by atoms with Crippen molar-refractivity contribution in [3.8, 4) is 11.5 Å². The fourth-order valence-electron chi connectivity index (χ4n) is 5.97. The summed E-state index contributed by atoms with van der Waals surface area (Å²) in [4.78, 5) is 51.2. The second-order valence-electron chi connectivity index (χ2n) is 11.5. The summed E-state index contributed by atoms with van der Waals surface area (Å²) in [5, 5.41) is 12.1. The van der Waals surface area contributed by atoms with Crippen LogP contribution in [-0.2, 0) is 9.53 Å². The number of hydrogen-bond acceptors (Lipinski definition) is 8. The van der Waals surface area contributed by atoms with E-state index < -0.39 is 40.8 Å². The van der Waals surface area contributed by atoms with Crippen LogP contribution in [0.5, 0.6) is 11.5 Å². The summed E-state index contributed by atoms with van der Waals surface area (Å²) < 4.78 is 49.1. The topological polar surface area (TPSA) is 140 Å². The van der Waals surface area contributed by atoms with Gasteiger partial charge in [-0.3, -0.25) is 14.5 Å². The van der Waals surface area contributed by atoms with Crippen molar-refractivity contribution >= 4 is 40.2 Å². The van der Waals surface area contributed by atoms with Crippen molar-refractivity contribution in [2.45, 2.75) is 38.3 Å². The van der Waals surface area contributed by atoms with Crippen molar-refractivity contribution in [1.82, 2.24) is 9.88 Å². The maximum atomic E-state index is 15.7. The lowest BCUT2D eigenvalue weighted by atomic mass is 10.1. The number of amides is 2. The number of nitrogens with zero attached hydrogens (tertiary/aromatic N) is 3. The van der Waals surface area contributed by atoms with Gasteiger partial charge in [0.25, 0.3) is 0 Å². The molecule has 3 aliphatic rings. The Labute approximate surface area is 256 Å². The van der Waals surface area contributed by atoms with Crippen LogP contribution in [0.15, 0.2) is 35.3 Å². The summed E-state index contributed by atoms with van der Waals surface area (Å²) in [6.45, 7) is 2.63. The van der Waals surface area contributed by atoms with Crippen molar-refractivity contribution in [3.63, 3.8) is 0 Å². The molecule has 2 aliphatic heterocycles. The van der Waals surface area contributed by atoms with E-state index >= 15 is 8.78 Å². The number of hydrogen-bond donors (Lipinski definition) is 2. The Bertz CT molecular complexity index is 1760. The second kappa shape index (κ2) is 11.9. The van der Waals surface area contributed by atoms with Gasteiger partial charge in [-0.15, -0.1) is 0 Å². The van der Waals surface area contributed by atoms with Crippen molar-refractivity contribution in [1.29, 1.82) is 0 Å². The van der Waals surface area contributed by atoms with E-state index in [1.165, 1.54) is 37.3 Å². The van der Waals surface area contributed by atoms with E-state index in [1.807, 2.05) is 0 Å². The van der Waals surface area contributed by atoms with E-state index in [4.69, 9.17) is 14.2 Å². The lowest BCUT2D eigenvalue weighted by Crippen LogP contribution is -2.33. The van der Waals surface area contributed by atoms with Gasteiger partial charge in [0.05, 0.1) is 43.4 Å². The fraction of sp³-hybridized carbons (Fsp3) is 0.419. The Kier molecular flexibility index (Phi) is 7.97. The number of carbonyl (C=O) groups is 3. The van der Waals surface area contributed by atoms with Gasteiger partial charge < -0.3 is 34.1 Å². The van der Waals surface area contributed by atoms with E-state index in [0.717, 1.165) is 18.9 Å². The molecular weight excluding hydrogens is 594 g/mol. The number of aromatic nitrogens is 1. The third-order valence-corrected chi connectivity index (χ3v) is 8.33. The highest BCUT2D eigenvalue weighted by Gasteiger charge is 2.35. The number of cyclic esters (lactones) is 1. The highest BCUT2D eigenvalue weighted by atomic mass is 19.1. The zero-order valence-corrected chi connectivity index (χ0v) is 24.7. The molecule has 0 bridgehead atoms. The normalized spacial score (nSPS) is 19.6. The molecule has 2 N–H and O–H groups in total. The van der Waals surface area contributed by atoms with E-state index in [-0.39, 0.29) is 60.1 Å². The molecule has 3 fully saturated rings. The Morgan fingerprint density at radius 3 is 2.56 bits per heavy atom. The van der Waals surface area contributed by atoms with Gasteiger partial charge in [-0.25, -0.2) is 18.4 Å². The number of carbonyl (C=O) groups excluding carboxylic acids is 2. The quantitative estimate of drug-likeness (QED) is 0.345. The number of pyridine rings is 1. The number of anilines is 2. The molecule has 238 valence electrons. The highest BCUT2D eigenvalue weighted by Crippen LogP contribution is 2.44. The monoisotopic (exact) mass is 626 g/mol. The number of carboxylic acid groups (broad SMARTS) is 1. The van der Waals surface area contributed by atoms with Crippen LogP contribution in [0, 0.1) is 17.6 Å². The summed E-state index contributed by atoms with van der Waals surface area (Å²) in [5.74, 6) is -2.93. The minimum atomic E-state index is -1.38. The summed E-state index contributed by atoms with van der Waals surface area (Å²) in [6, 6.07) is 5.23. The molecule has 1 aliphatic carbocycles. The van der Waals surface area contributed by atoms with Crippen LogP contribution in [0.1, 0.15) is 42.6 Å². The molecule has 1 saturated carbocycles. The van der Waals surface area contributed by atoms with Crippen LogP contribution in [0.3, 0.4) is 0 Å². The lowest BCUT2D eigenvalue weighted by Gasteiger charge is -2.25. The van der Waals surface area contributed by atoms with Gasteiger partial charge in [0.2, 0.25) is 11.3 Å². The molecular formula is C31H32F2N4O8. The number of carboxylic acids is 1. The van der Waals surface area contributed by atoms with Gasteiger partial charge >= 0.3 is 12.1 Å². The summed E-state index contributed by atoms with van der Waals surface area (Å²) in [5.41, 5.74) is -0.369. The van der Waals surface area contributed by atoms with Gasteiger partial charge in [-0.2, -0.15) is 0 Å². The van der Waals surface area contributed by atoms with Crippen molar-refractivity contribution in [2.75, 3.05) is 49.7 Å². The molecule has 6 rings (SSSR count). The summed E-state index contributed by atoms with van der Waals surface area (Å²) >= 11 is 0. The van der Waals surface area contributed by atoms with Gasteiger partial charge in [0.15, 0.2) is 23.1 Å². The van der Waals surface area contributed by atoms with E-state index in [2.05, 4.69) is 5.32 Å². The SMILES string of the molecule is COc1c(N2CC[C@H](COc3ccc(N4C[C@H](CNC(C)=O)OC4=O)cc3F)C2)c(F)cc2c(=O)c(C(=O)O)cn(C3CC3)c12. The smallest absolute Gasteiger partial charge is 0.414 e. The predicted molar refractivity (Wildman–Crippen MR) is 158 cm³/mol. The van der Waals surface area contributed by atoms with Crippen LogP contribution in [-0.4, -0.2) is 73.6 Å². The molecule has 0 unspecified atom stereocenters. The fourth-order valence-corrected chi connectivity index (χ4v) is 5.97. The molecule has 3 heterocycles. The van der Waals surface area contributed by atoms with Crippen LogP contribution in [0.25, 0.3) is 10.9 Å². The zero-order valence-electron chi connectivity index (χ0n) is 24.7. The molecule has 2 aromatic carbocycles. The number of nitrogens with one attached hydrogen (secondary N) is 1. The van der Waals surface area contributed by atoms with E-state index in [1.54, 1.807) is 15.5 Å². The minimum absolute atomic E-state index is 0.00304. The molecule has 0 radical (unpaired) electrons. The Morgan fingerprint density at radius 2 is 1.89 bits per heavy atom. The first kappa shape index (κ1) is 30.2. The number of aromatic carboxylic acids is 1. The zero-order chi connectivity index (χ0) is 32.0. The molecule has 14 heteroatoms. The van der Waals surface area contributed by atoms with Gasteiger partial charge in [-0.05, 0) is 37.5 Å². The first-order valence-corrected chi connectivity index (χ1v) is 14.6. The van der Waals surface area contributed by atoms with Crippen LogP contribution in [0.4, 0.5) is 25.0 Å². The summed E-state index contributed by atoms with van der Waals surface area (Å²) in [6.07, 6.45) is 2.33. The Balaban J connectivity index is 1.16. The molecule has 0 spiro atoms. The van der Waals surface area contributed by atoms with E-state index in [9.17, 15) is 24.3 Å². The Morgan fingerprint density at radius 1 is 1.11 bits per heavy atom. The number of halogens is 2. The second-order valence-corrected chi connectivity index (χ2v) is 11.5. The van der Waals surface area contributed by atoms with Crippen LogP contribution < -0.4 is 30.0 Å². The van der Waals surface area contributed by atoms with Crippen LogP contribution in [0.2, 0.25) is 0 Å². The summed E-state index contributed by atoms with van der Waals surface area (Å²) in [7, 11) is 1.39. The molecule has 2 amide bonds. The molecule has 3 aromatic rings. The largest absolute Gasteiger partial charge is 0.492 e. The number of rotatable bonds is 10. The number of ether oxygens (including phenoxy) is 3. The lowest BCUT2D eigenvalue weighted by molar-refractivity contribution is -0.119. The molecule has 2 atom stereocenters. The standard InChI is InChI=1S/C31H32F2N4O8/c1-16(38)34-11-20-13-37(31(42)45-20)19-5-6-25(23(32)9-19)44-15-17-7-8-35(12-17)27-24(33)10-21-26(29(27)43-2)36(18-3-4-18)14-22(28(21)39)30(40)41/h5-6,9-10,14,17-18,20H,3-4,7-8,11-13,15H2,1-2H3,(H,34,38)(H,40,41)/t17-,20-/m0/s1. The Hall–Kier alpha value is -4.88. The third kappa shape index (κ3) is 5.83. The minimum Gasteiger partial charge on any atom is -0.492 e. The number of methoxy groups -OCH3 is 1. The molecule has 12 nitrogen and oxygen atoms in total. The molecule has 2 saturated heterocycles. The average Bonchev–Trinajstić information content (AvgIpc) is 3.62. The first-order valence-electron chi connectivity index (χ1n) is 14.6. The average molecular weight is 627 g/mol. The van der Waals surface area contributed by atoms with Crippen LogP contribution >= 0.6 is 0 Å². The maximum Gasteiger partial charge on any atom is 0.414 e. The predicted octanol–water partition coefficient (Wildman–Crippen LogP) is 3.69. The van der Waals surface area contributed by atoms with Crippen molar-refractivity contribution in [3.05, 3.63) is 57.9 Å². The maximum absolute atomic E-state index is 15.7.